The normalized spacial score (nSPS) is 12.9. The van der Waals surface area contributed by atoms with E-state index >= 15 is 0 Å². The van der Waals surface area contributed by atoms with Crippen LogP contribution in [-0.4, -0.2) is 47.4 Å². The van der Waals surface area contributed by atoms with Crippen LogP contribution in [0.3, 0.4) is 0 Å². The number of ether oxygens (including phenoxy) is 1. The first-order valence-corrected chi connectivity index (χ1v) is 29.9. The van der Waals surface area contributed by atoms with Crippen LogP contribution in [0.5, 0.6) is 0 Å². The Labute approximate surface area is 423 Å². The number of esters is 1. The second-order valence-corrected chi connectivity index (χ2v) is 20.3. The second kappa shape index (κ2) is 57.4. The third-order valence-corrected chi connectivity index (χ3v) is 13.6. The standard InChI is InChI=1S/C62H115NO5/c1-3-5-7-9-11-13-15-17-19-21-23-24-25-26-28-30-34-38-42-46-50-54-60(65)59(58-64)63-61(66)55-51-47-43-39-35-32-33-37-41-45-49-53-57-68-62(67)56-52-48-44-40-36-31-29-27-22-20-18-16-14-12-10-8-6-4-2/h14,16,20,22,33,37,50,54,59-60,64-65H,3-13,15,17-19,21,23-32,34-36,38-49,51-53,55-58H2,1-2H3,(H,63,66)/b16-14-,22-20-,37-33-,54-50+. The Kier molecular flexibility index (Phi) is 55.6. The molecule has 0 fully saturated rings. The SMILES string of the molecule is CCCCCC/C=C\C/C=C\CCCCCCCCCC(=O)OCCCCC/C=C\CCCCCCCC(=O)NC(CO)C(O)/C=C/CCCCCCCCCCCCCCCCCCCCC. The van der Waals surface area contributed by atoms with Crippen molar-refractivity contribution in [3.8, 4) is 0 Å². The van der Waals surface area contributed by atoms with Crippen molar-refractivity contribution in [3.63, 3.8) is 0 Å². The number of carbonyl (C=O) groups excluding carboxylic acids is 2. The van der Waals surface area contributed by atoms with Crippen molar-refractivity contribution in [3.05, 3.63) is 48.6 Å². The van der Waals surface area contributed by atoms with E-state index in [0.717, 1.165) is 89.9 Å². The Morgan fingerprint density at radius 3 is 1.15 bits per heavy atom. The summed E-state index contributed by atoms with van der Waals surface area (Å²) in [5.41, 5.74) is 0. The molecular weight excluding hydrogens is 839 g/mol. The lowest BCUT2D eigenvalue weighted by Crippen LogP contribution is -2.45. The first-order valence-electron chi connectivity index (χ1n) is 29.9. The minimum atomic E-state index is -0.863. The van der Waals surface area contributed by atoms with Gasteiger partial charge in [0.2, 0.25) is 5.91 Å². The number of aliphatic hydroxyl groups excluding tert-OH is 2. The van der Waals surface area contributed by atoms with Gasteiger partial charge in [-0.2, -0.15) is 0 Å². The first kappa shape index (κ1) is 65.8. The quantitative estimate of drug-likeness (QED) is 0.0321. The van der Waals surface area contributed by atoms with E-state index in [9.17, 15) is 19.8 Å². The van der Waals surface area contributed by atoms with E-state index in [0.29, 0.717) is 19.4 Å². The van der Waals surface area contributed by atoms with Gasteiger partial charge in [0.1, 0.15) is 0 Å². The maximum atomic E-state index is 12.5. The molecule has 0 aromatic carbocycles. The van der Waals surface area contributed by atoms with Crippen molar-refractivity contribution in [1.29, 1.82) is 0 Å². The van der Waals surface area contributed by atoms with Gasteiger partial charge in [0.05, 0.1) is 25.4 Å². The Morgan fingerprint density at radius 2 is 0.735 bits per heavy atom. The number of unbranched alkanes of at least 4 members (excludes halogenated alkanes) is 38. The van der Waals surface area contributed by atoms with Gasteiger partial charge in [0.15, 0.2) is 0 Å². The largest absolute Gasteiger partial charge is 0.466 e. The molecule has 0 radical (unpaired) electrons. The molecular formula is C62H115NO5. The molecule has 0 aromatic heterocycles. The van der Waals surface area contributed by atoms with E-state index in [4.69, 9.17) is 4.74 Å². The molecule has 0 aromatic rings. The molecule has 0 bridgehead atoms. The molecule has 0 saturated carbocycles. The summed E-state index contributed by atoms with van der Waals surface area (Å²) >= 11 is 0. The lowest BCUT2D eigenvalue weighted by atomic mass is 10.0. The molecule has 0 heterocycles. The van der Waals surface area contributed by atoms with Crippen LogP contribution in [0.2, 0.25) is 0 Å². The number of nitrogens with one attached hydrogen (secondary N) is 1. The number of hydrogen-bond acceptors (Lipinski definition) is 5. The third-order valence-electron chi connectivity index (χ3n) is 13.6. The van der Waals surface area contributed by atoms with Crippen molar-refractivity contribution in [2.75, 3.05) is 13.2 Å². The molecule has 0 aliphatic rings. The van der Waals surface area contributed by atoms with Crippen molar-refractivity contribution >= 4 is 11.9 Å². The molecule has 3 N–H and O–H groups in total. The van der Waals surface area contributed by atoms with Gasteiger partial charge >= 0.3 is 5.97 Å². The van der Waals surface area contributed by atoms with Gasteiger partial charge in [-0.05, 0) is 96.3 Å². The lowest BCUT2D eigenvalue weighted by Gasteiger charge is -2.20. The zero-order valence-electron chi connectivity index (χ0n) is 45.3. The molecule has 6 heteroatoms. The summed E-state index contributed by atoms with van der Waals surface area (Å²) in [6, 6.07) is -0.649. The topological polar surface area (TPSA) is 95.9 Å². The Bertz CT molecular complexity index is 1150. The molecule has 6 nitrogen and oxygen atoms in total. The van der Waals surface area contributed by atoms with Crippen LogP contribution in [0.15, 0.2) is 48.6 Å². The number of amides is 1. The minimum Gasteiger partial charge on any atom is -0.466 e. The maximum absolute atomic E-state index is 12.5. The van der Waals surface area contributed by atoms with Crippen molar-refractivity contribution < 1.29 is 24.5 Å². The molecule has 68 heavy (non-hydrogen) atoms. The predicted octanol–water partition coefficient (Wildman–Crippen LogP) is 18.6. The summed E-state index contributed by atoms with van der Waals surface area (Å²) in [5, 5.41) is 23.2. The molecule has 398 valence electrons. The van der Waals surface area contributed by atoms with Gasteiger partial charge in [-0.25, -0.2) is 0 Å². The smallest absolute Gasteiger partial charge is 0.305 e. The fourth-order valence-corrected chi connectivity index (χ4v) is 8.95. The summed E-state index contributed by atoms with van der Waals surface area (Å²) in [7, 11) is 0. The number of hydrogen-bond donors (Lipinski definition) is 3. The van der Waals surface area contributed by atoms with Crippen molar-refractivity contribution in [2.24, 2.45) is 0 Å². The predicted molar refractivity (Wildman–Crippen MR) is 296 cm³/mol. The molecule has 0 aliphatic carbocycles. The third kappa shape index (κ3) is 53.2. The Morgan fingerprint density at radius 1 is 0.412 bits per heavy atom. The maximum Gasteiger partial charge on any atom is 0.305 e. The zero-order valence-corrected chi connectivity index (χ0v) is 45.3. The van der Waals surface area contributed by atoms with Gasteiger partial charge in [-0.15, -0.1) is 0 Å². The monoisotopic (exact) mass is 954 g/mol. The summed E-state index contributed by atoms with van der Waals surface area (Å²) < 4.78 is 5.46. The van der Waals surface area contributed by atoms with Crippen LogP contribution < -0.4 is 5.32 Å². The van der Waals surface area contributed by atoms with Crippen LogP contribution in [-0.2, 0) is 14.3 Å². The molecule has 0 rings (SSSR count). The number of rotatable bonds is 55. The lowest BCUT2D eigenvalue weighted by molar-refractivity contribution is -0.143. The number of allylic oxidation sites excluding steroid dienone is 7. The van der Waals surface area contributed by atoms with Gasteiger partial charge in [0, 0.05) is 12.8 Å². The average molecular weight is 955 g/mol. The molecule has 0 aliphatic heterocycles. The van der Waals surface area contributed by atoms with E-state index in [-0.39, 0.29) is 18.5 Å². The van der Waals surface area contributed by atoms with E-state index in [2.05, 4.69) is 55.6 Å². The Balaban J connectivity index is 3.53. The second-order valence-electron chi connectivity index (χ2n) is 20.3. The molecule has 1 amide bonds. The minimum absolute atomic E-state index is 0.0317. The van der Waals surface area contributed by atoms with Crippen LogP contribution in [0.25, 0.3) is 0 Å². The fourth-order valence-electron chi connectivity index (χ4n) is 8.95. The van der Waals surface area contributed by atoms with Gasteiger partial charge in [-0.1, -0.05) is 249 Å². The number of aliphatic hydroxyl groups is 2. The average Bonchev–Trinajstić information content (AvgIpc) is 3.34. The van der Waals surface area contributed by atoms with Crippen molar-refractivity contribution in [2.45, 2.75) is 321 Å². The highest BCUT2D eigenvalue weighted by atomic mass is 16.5. The first-order chi connectivity index (χ1) is 33.5. The van der Waals surface area contributed by atoms with E-state index in [1.54, 1.807) is 6.08 Å². The van der Waals surface area contributed by atoms with Crippen LogP contribution >= 0.6 is 0 Å². The molecule has 2 unspecified atom stereocenters. The summed E-state index contributed by atoms with van der Waals surface area (Å²) in [5.74, 6) is -0.125. The van der Waals surface area contributed by atoms with E-state index in [1.807, 2.05) is 6.08 Å². The zero-order chi connectivity index (χ0) is 49.3. The van der Waals surface area contributed by atoms with Crippen LogP contribution in [0.4, 0.5) is 0 Å². The van der Waals surface area contributed by atoms with E-state index in [1.165, 1.54) is 193 Å². The summed E-state index contributed by atoms with van der Waals surface area (Å²) in [6.07, 6.45) is 72.8. The highest BCUT2D eigenvalue weighted by Gasteiger charge is 2.18. The molecule has 0 spiro atoms. The Hall–Kier alpha value is -2.18. The van der Waals surface area contributed by atoms with Gasteiger partial charge in [0.25, 0.3) is 0 Å². The highest BCUT2D eigenvalue weighted by molar-refractivity contribution is 5.76. The van der Waals surface area contributed by atoms with E-state index < -0.39 is 12.1 Å². The van der Waals surface area contributed by atoms with Gasteiger partial charge < -0.3 is 20.3 Å². The highest BCUT2D eigenvalue weighted by Crippen LogP contribution is 2.16. The van der Waals surface area contributed by atoms with Crippen molar-refractivity contribution in [1.82, 2.24) is 5.32 Å². The molecule has 2 atom stereocenters. The molecule has 0 saturated heterocycles. The summed E-state index contributed by atoms with van der Waals surface area (Å²) in [4.78, 5) is 24.6. The van der Waals surface area contributed by atoms with Gasteiger partial charge in [-0.3, -0.25) is 9.59 Å². The summed E-state index contributed by atoms with van der Waals surface area (Å²) in [6.45, 7) is 4.83. The number of carbonyl (C=O) groups is 2. The van der Waals surface area contributed by atoms with Crippen LogP contribution in [0, 0.1) is 0 Å². The fraction of sp³-hybridized carbons (Fsp3) is 0.839. The van der Waals surface area contributed by atoms with Crippen LogP contribution in [0.1, 0.15) is 309 Å².